The number of carbonyl (C=O) groups excluding carboxylic acids is 1. The number of aliphatic imine (C=N–C) groups is 1. The van der Waals surface area contributed by atoms with E-state index in [1.165, 1.54) is 11.8 Å². The lowest BCUT2D eigenvalue weighted by molar-refractivity contribution is -0.138. The monoisotopic (exact) mass is 426 g/mol. The fourth-order valence-electron chi connectivity index (χ4n) is 3.32. The quantitative estimate of drug-likeness (QED) is 0.692. The second kappa shape index (κ2) is 8.52. The van der Waals surface area contributed by atoms with Crippen LogP contribution >= 0.6 is 11.8 Å². The molecule has 10 heteroatoms. The maximum atomic E-state index is 12.0. The van der Waals surface area contributed by atoms with Gasteiger partial charge in [-0.05, 0) is 24.1 Å². The van der Waals surface area contributed by atoms with Crippen LogP contribution in [-0.2, 0) is 25.8 Å². The van der Waals surface area contributed by atoms with E-state index in [9.17, 15) is 18.0 Å². The van der Waals surface area contributed by atoms with E-state index >= 15 is 0 Å². The number of hydrogen-bond acceptors (Lipinski definition) is 6. The third kappa shape index (κ3) is 5.05. The molecule has 1 aromatic rings. The molecule has 1 N–H and O–H groups in total. The van der Waals surface area contributed by atoms with Crippen LogP contribution < -0.4 is 4.74 Å². The van der Waals surface area contributed by atoms with Crippen LogP contribution in [0.3, 0.4) is 0 Å². The molecule has 28 heavy (non-hydrogen) atoms. The maximum absolute atomic E-state index is 12.0. The number of hydrogen-bond donors (Lipinski definition) is 1. The van der Waals surface area contributed by atoms with E-state index in [1.807, 2.05) is 29.2 Å². The molecule has 1 amide bonds. The zero-order valence-corrected chi connectivity index (χ0v) is 17.0. The van der Waals surface area contributed by atoms with Crippen molar-refractivity contribution in [2.75, 3.05) is 25.2 Å². The summed E-state index contributed by atoms with van der Waals surface area (Å²) in [5.41, 5.74) is 1.06. The predicted molar refractivity (Wildman–Crippen MR) is 107 cm³/mol. The number of methoxy groups -OCH3 is 1. The Morgan fingerprint density at radius 1 is 1.25 bits per heavy atom. The van der Waals surface area contributed by atoms with Gasteiger partial charge in [0.05, 0.1) is 31.1 Å². The number of sulfone groups is 1. The lowest BCUT2D eigenvalue weighted by atomic mass is 10.1. The molecule has 2 saturated heterocycles. The molecule has 0 bridgehead atoms. The molecule has 2 aliphatic rings. The highest BCUT2D eigenvalue weighted by Gasteiger charge is 2.48. The van der Waals surface area contributed by atoms with E-state index in [2.05, 4.69) is 4.99 Å². The summed E-state index contributed by atoms with van der Waals surface area (Å²) in [5, 5.41) is 9.07. The molecule has 1 aromatic carbocycles. The smallest absolute Gasteiger partial charge is 0.303 e. The highest BCUT2D eigenvalue weighted by molar-refractivity contribution is 8.15. The van der Waals surface area contributed by atoms with Gasteiger partial charge in [-0.3, -0.25) is 9.59 Å². The van der Waals surface area contributed by atoms with Crippen molar-refractivity contribution in [3.8, 4) is 5.75 Å². The number of rotatable bonds is 7. The SMILES string of the molecule is COc1ccc(CCN2C(=NC(=O)CCC(=O)O)S[C@H]3CS(=O)(=O)C[C@H]32)cc1. The second-order valence-corrected chi connectivity index (χ2v) is 10.1. The van der Waals surface area contributed by atoms with Gasteiger partial charge in [0.1, 0.15) is 5.75 Å². The number of fused-ring (bicyclic) bond motifs is 1. The molecule has 3 rings (SSSR count). The second-order valence-electron chi connectivity index (χ2n) is 6.77. The van der Waals surface area contributed by atoms with Gasteiger partial charge in [-0.2, -0.15) is 4.99 Å². The Bertz CT molecular complexity index is 882. The number of nitrogens with zero attached hydrogens (tertiary/aromatic N) is 2. The summed E-state index contributed by atoms with van der Waals surface area (Å²) >= 11 is 1.30. The first-order valence-corrected chi connectivity index (χ1v) is 11.6. The van der Waals surface area contributed by atoms with E-state index in [0.29, 0.717) is 18.1 Å². The number of carboxylic acid groups (broad SMARTS) is 1. The summed E-state index contributed by atoms with van der Waals surface area (Å²) in [6.45, 7) is 0.529. The molecular weight excluding hydrogens is 404 g/mol. The van der Waals surface area contributed by atoms with Crippen LogP contribution in [0.1, 0.15) is 18.4 Å². The van der Waals surface area contributed by atoms with Gasteiger partial charge in [-0.15, -0.1) is 0 Å². The van der Waals surface area contributed by atoms with Crippen molar-refractivity contribution in [3.05, 3.63) is 29.8 Å². The van der Waals surface area contributed by atoms with Gasteiger partial charge in [-0.25, -0.2) is 8.42 Å². The highest BCUT2D eigenvalue weighted by Crippen LogP contribution is 2.38. The van der Waals surface area contributed by atoms with Crippen LogP contribution in [0.5, 0.6) is 5.75 Å². The minimum Gasteiger partial charge on any atom is -0.497 e. The van der Waals surface area contributed by atoms with Crippen LogP contribution in [0.15, 0.2) is 29.3 Å². The van der Waals surface area contributed by atoms with Crippen LogP contribution in [0.4, 0.5) is 0 Å². The van der Waals surface area contributed by atoms with Gasteiger partial charge in [0.2, 0.25) is 5.91 Å². The van der Waals surface area contributed by atoms with E-state index in [4.69, 9.17) is 9.84 Å². The summed E-state index contributed by atoms with van der Waals surface area (Å²) in [7, 11) is -1.50. The summed E-state index contributed by atoms with van der Waals surface area (Å²) in [5.74, 6) is -0.665. The van der Waals surface area contributed by atoms with Gasteiger partial charge >= 0.3 is 5.97 Å². The molecule has 0 spiro atoms. The number of carboxylic acids is 1. The topological polar surface area (TPSA) is 113 Å². The first kappa shape index (κ1) is 20.7. The molecule has 0 aromatic heterocycles. The Hall–Kier alpha value is -2.07. The van der Waals surface area contributed by atoms with Crippen molar-refractivity contribution in [2.45, 2.75) is 30.6 Å². The summed E-state index contributed by atoms with van der Waals surface area (Å²) in [4.78, 5) is 28.6. The maximum Gasteiger partial charge on any atom is 0.303 e. The first-order chi connectivity index (χ1) is 13.3. The van der Waals surface area contributed by atoms with E-state index in [-0.39, 0.29) is 35.6 Å². The zero-order valence-electron chi connectivity index (χ0n) is 15.4. The lowest BCUT2D eigenvalue weighted by Gasteiger charge is -2.24. The summed E-state index contributed by atoms with van der Waals surface area (Å²) in [6.07, 6.45) is 0.225. The van der Waals surface area contributed by atoms with Crippen molar-refractivity contribution < 1.29 is 27.9 Å². The average Bonchev–Trinajstić information content (AvgIpc) is 3.09. The number of aliphatic carboxylic acids is 1. The Balaban J connectivity index is 1.73. The molecule has 0 radical (unpaired) electrons. The number of ether oxygens (including phenoxy) is 1. The lowest BCUT2D eigenvalue weighted by Crippen LogP contribution is -2.39. The molecule has 2 atom stereocenters. The Morgan fingerprint density at radius 3 is 2.61 bits per heavy atom. The van der Waals surface area contributed by atoms with Gasteiger partial charge in [-0.1, -0.05) is 23.9 Å². The fourth-order valence-corrected chi connectivity index (χ4v) is 7.31. The summed E-state index contributed by atoms with van der Waals surface area (Å²) < 4.78 is 29.2. The molecule has 8 nitrogen and oxygen atoms in total. The third-order valence-electron chi connectivity index (χ3n) is 4.75. The van der Waals surface area contributed by atoms with E-state index < -0.39 is 21.7 Å². The summed E-state index contributed by atoms with van der Waals surface area (Å²) in [6, 6.07) is 7.40. The molecule has 152 valence electrons. The highest BCUT2D eigenvalue weighted by atomic mass is 32.2. The number of amidine groups is 1. The van der Waals surface area contributed by atoms with Crippen molar-refractivity contribution in [1.82, 2.24) is 4.90 Å². The Kier molecular flexibility index (Phi) is 6.29. The average molecular weight is 427 g/mol. The van der Waals surface area contributed by atoms with Crippen LogP contribution in [0, 0.1) is 0 Å². The minimum absolute atomic E-state index is 0.0512. The fraction of sp³-hybridized carbons (Fsp3) is 0.500. The van der Waals surface area contributed by atoms with E-state index in [1.54, 1.807) is 7.11 Å². The van der Waals surface area contributed by atoms with Crippen LogP contribution in [-0.4, -0.2) is 71.9 Å². The molecular formula is C18H22N2O6S2. The van der Waals surface area contributed by atoms with Gasteiger partial charge < -0.3 is 14.7 Å². The van der Waals surface area contributed by atoms with Crippen LogP contribution in [0.2, 0.25) is 0 Å². The van der Waals surface area contributed by atoms with Crippen LogP contribution in [0.25, 0.3) is 0 Å². The van der Waals surface area contributed by atoms with E-state index in [0.717, 1.165) is 11.3 Å². The van der Waals surface area contributed by atoms with Crippen molar-refractivity contribution >= 4 is 38.6 Å². The van der Waals surface area contributed by atoms with Gasteiger partial charge in [0.25, 0.3) is 0 Å². The molecule has 2 heterocycles. The third-order valence-corrected chi connectivity index (χ3v) is 8.00. The minimum atomic E-state index is -3.10. The number of benzene rings is 1. The van der Waals surface area contributed by atoms with Crippen molar-refractivity contribution in [1.29, 1.82) is 0 Å². The first-order valence-electron chi connectivity index (χ1n) is 8.87. The Labute approximate surface area is 167 Å². The zero-order chi connectivity index (χ0) is 20.3. The van der Waals surface area contributed by atoms with Crippen molar-refractivity contribution in [2.24, 2.45) is 4.99 Å². The molecule has 2 fully saturated rings. The molecule has 0 unspecified atom stereocenters. The molecule has 2 aliphatic heterocycles. The van der Waals surface area contributed by atoms with Crippen molar-refractivity contribution in [3.63, 3.8) is 0 Å². The number of thioether (sulfide) groups is 1. The standard InChI is InChI=1S/C18H22N2O6S2/c1-26-13-4-2-12(3-5-13)8-9-20-14-10-28(24,25)11-15(14)27-18(20)19-16(21)6-7-17(22)23/h2-5,14-15H,6-11H2,1H3,(H,22,23)/t14-,15+/m1/s1. The van der Waals surface area contributed by atoms with Gasteiger partial charge in [0.15, 0.2) is 15.0 Å². The normalized spacial score (nSPS) is 24.3. The number of carbonyl (C=O) groups is 2. The molecule has 0 saturated carbocycles. The largest absolute Gasteiger partial charge is 0.497 e. The molecule has 0 aliphatic carbocycles. The Morgan fingerprint density at radius 2 is 1.96 bits per heavy atom. The predicted octanol–water partition coefficient (Wildman–Crippen LogP) is 1.20. The van der Waals surface area contributed by atoms with Gasteiger partial charge in [0, 0.05) is 18.2 Å². The number of amides is 1.